The summed E-state index contributed by atoms with van der Waals surface area (Å²) in [6.45, 7) is 9.07. The van der Waals surface area contributed by atoms with Crippen LogP contribution in [0, 0.1) is 0 Å². The van der Waals surface area contributed by atoms with E-state index in [1.807, 2.05) is 25.7 Å². The minimum Gasteiger partial charge on any atom is -0.481 e. The number of urea groups is 1. The van der Waals surface area contributed by atoms with Gasteiger partial charge in [0.2, 0.25) is 0 Å². The molecular formula is C16H30N2O3. The van der Waals surface area contributed by atoms with Crippen LogP contribution >= 0.6 is 0 Å². The van der Waals surface area contributed by atoms with Crippen LogP contribution in [0.25, 0.3) is 0 Å². The fourth-order valence-electron chi connectivity index (χ4n) is 2.93. The molecule has 1 unspecified atom stereocenters. The van der Waals surface area contributed by atoms with Crippen molar-refractivity contribution in [3.05, 3.63) is 0 Å². The predicted molar refractivity (Wildman–Crippen MR) is 83.4 cm³/mol. The van der Waals surface area contributed by atoms with Gasteiger partial charge in [0.15, 0.2) is 0 Å². The maximum absolute atomic E-state index is 12.9. The number of carboxylic acid groups (broad SMARTS) is 1. The van der Waals surface area contributed by atoms with E-state index in [1.165, 1.54) is 12.8 Å². The lowest BCUT2D eigenvalue weighted by molar-refractivity contribution is -0.137. The maximum atomic E-state index is 12.9. The lowest BCUT2D eigenvalue weighted by Crippen LogP contribution is -2.55. The van der Waals surface area contributed by atoms with E-state index in [0.717, 1.165) is 25.8 Å². The Bertz CT molecular complexity index is 363. The van der Waals surface area contributed by atoms with Crippen molar-refractivity contribution in [2.45, 2.75) is 77.8 Å². The van der Waals surface area contributed by atoms with Gasteiger partial charge in [-0.2, -0.15) is 0 Å². The van der Waals surface area contributed by atoms with Crippen LogP contribution in [0.15, 0.2) is 0 Å². The molecule has 1 heterocycles. The van der Waals surface area contributed by atoms with E-state index in [-0.39, 0.29) is 30.6 Å². The van der Waals surface area contributed by atoms with Gasteiger partial charge in [-0.25, -0.2) is 4.79 Å². The third-order valence-corrected chi connectivity index (χ3v) is 4.18. The molecule has 1 fully saturated rings. The monoisotopic (exact) mass is 298 g/mol. The molecule has 0 aromatic carbocycles. The van der Waals surface area contributed by atoms with Crippen molar-refractivity contribution >= 4 is 12.0 Å². The molecule has 0 saturated carbocycles. The number of amides is 2. The summed E-state index contributed by atoms with van der Waals surface area (Å²) in [4.78, 5) is 27.5. The van der Waals surface area contributed by atoms with Gasteiger partial charge < -0.3 is 14.9 Å². The highest BCUT2D eigenvalue weighted by Gasteiger charge is 2.33. The quantitative estimate of drug-likeness (QED) is 0.866. The van der Waals surface area contributed by atoms with Crippen LogP contribution < -0.4 is 0 Å². The Kier molecular flexibility index (Phi) is 6.49. The van der Waals surface area contributed by atoms with Gasteiger partial charge in [-0.05, 0) is 40.0 Å². The van der Waals surface area contributed by atoms with E-state index < -0.39 is 5.97 Å². The van der Waals surface area contributed by atoms with E-state index in [9.17, 15) is 9.59 Å². The maximum Gasteiger partial charge on any atom is 0.320 e. The fraction of sp³-hybridized carbons (Fsp3) is 0.875. The molecule has 21 heavy (non-hydrogen) atoms. The SMILES string of the molecule is CCC1CCCCCN1C(=O)N(CCC(=O)O)C(C)(C)C. The number of rotatable bonds is 4. The summed E-state index contributed by atoms with van der Waals surface area (Å²) in [5, 5.41) is 8.91. The molecule has 0 aliphatic carbocycles. The topological polar surface area (TPSA) is 60.9 Å². The van der Waals surface area contributed by atoms with Crippen LogP contribution in [0.5, 0.6) is 0 Å². The van der Waals surface area contributed by atoms with Gasteiger partial charge in [0, 0.05) is 24.7 Å². The zero-order chi connectivity index (χ0) is 16.0. The second-order valence-electron chi connectivity index (χ2n) is 6.85. The van der Waals surface area contributed by atoms with Gasteiger partial charge in [0.25, 0.3) is 0 Å². The van der Waals surface area contributed by atoms with Gasteiger partial charge in [-0.3, -0.25) is 4.79 Å². The van der Waals surface area contributed by atoms with Gasteiger partial charge in [-0.15, -0.1) is 0 Å². The Balaban J connectivity index is 2.88. The minimum absolute atomic E-state index is 0.00231. The summed E-state index contributed by atoms with van der Waals surface area (Å²) in [5.74, 6) is -0.861. The van der Waals surface area contributed by atoms with Gasteiger partial charge in [0.1, 0.15) is 0 Å². The van der Waals surface area contributed by atoms with Crippen molar-refractivity contribution in [1.82, 2.24) is 9.80 Å². The first-order chi connectivity index (χ1) is 9.77. The largest absolute Gasteiger partial charge is 0.481 e. The number of hydrogen-bond donors (Lipinski definition) is 1. The first kappa shape index (κ1) is 17.8. The van der Waals surface area contributed by atoms with Crippen LogP contribution in [0.4, 0.5) is 4.79 Å². The van der Waals surface area contributed by atoms with Crippen molar-refractivity contribution in [3.63, 3.8) is 0 Å². The van der Waals surface area contributed by atoms with E-state index in [1.54, 1.807) is 4.90 Å². The Hall–Kier alpha value is -1.26. The number of carbonyl (C=O) groups excluding carboxylic acids is 1. The van der Waals surface area contributed by atoms with Crippen molar-refractivity contribution in [2.24, 2.45) is 0 Å². The standard InChI is InChI=1S/C16H30N2O3/c1-5-13-9-7-6-8-11-17(13)15(21)18(16(2,3)4)12-10-14(19)20/h13H,5-12H2,1-4H3,(H,19,20). The van der Waals surface area contributed by atoms with E-state index in [2.05, 4.69) is 6.92 Å². The molecule has 5 nitrogen and oxygen atoms in total. The zero-order valence-corrected chi connectivity index (χ0v) is 13.9. The number of carboxylic acids is 1. The van der Waals surface area contributed by atoms with Crippen LogP contribution in [0.1, 0.15) is 66.2 Å². The number of aliphatic carboxylic acids is 1. The average molecular weight is 298 g/mol. The molecule has 1 aliphatic rings. The highest BCUT2D eigenvalue weighted by molar-refractivity contribution is 5.76. The summed E-state index contributed by atoms with van der Waals surface area (Å²) in [7, 11) is 0. The second kappa shape index (κ2) is 7.66. The third kappa shape index (κ3) is 5.21. The Morgan fingerprint density at radius 1 is 1.24 bits per heavy atom. The van der Waals surface area contributed by atoms with Gasteiger partial charge in [-0.1, -0.05) is 19.8 Å². The molecule has 0 aromatic rings. The molecular weight excluding hydrogens is 268 g/mol. The third-order valence-electron chi connectivity index (χ3n) is 4.18. The summed E-state index contributed by atoms with van der Waals surface area (Å²) in [6.07, 6.45) is 5.40. The Morgan fingerprint density at radius 3 is 2.43 bits per heavy atom. The summed E-state index contributed by atoms with van der Waals surface area (Å²) >= 11 is 0. The number of likely N-dealkylation sites (tertiary alicyclic amines) is 1. The number of hydrogen-bond acceptors (Lipinski definition) is 2. The Labute approximate surface area is 128 Å². The summed E-state index contributed by atoms with van der Waals surface area (Å²) in [6, 6.07) is 0.284. The molecule has 0 spiro atoms. The molecule has 1 N–H and O–H groups in total. The zero-order valence-electron chi connectivity index (χ0n) is 13.9. The minimum atomic E-state index is -0.861. The Morgan fingerprint density at radius 2 is 1.90 bits per heavy atom. The molecule has 0 aromatic heterocycles. The normalized spacial score (nSPS) is 20.0. The smallest absolute Gasteiger partial charge is 0.320 e. The summed E-state index contributed by atoms with van der Waals surface area (Å²) in [5.41, 5.74) is -0.364. The molecule has 1 saturated heterocycles. The van der Waals surface area contributed by atoms with Crippen LogP contribution in [-0.4, -0.2) is 51.6 Å². The van der Waals surface area contributed by atoms with E-state index in [0.29, 0.717) is 0 Å². The predicted octanol–water partition coefficient (Wildman–Crippen LogP) is 3.34. The van der Waals surface area contributed by atoms with Crippen molar-refractivity contribution < 1.29 is 14.7 Å². The lowest BCUT2D eigenvalue weighted by Gasteiger charge is -2.41. The van der Waals surface area contributed by atoms with Crippen LogP contribution in [0.3, 0.4) is 0 Å². The summed E-state index contributed by atoms with van der Waals surface area (Å²) < 4.78 is 0. The molecule has 0 radical (unpaired) electrons. The second-order valence-corrected chi connectivity index (χ2v) is 6.85. The molecule has 5 heteroatoms. The molecule has 1 atom stereocenters. The molecule has 1 aliphatic heterocycles. The molecule has 2 amide bonds. The highest BCUT2D eigenvalue weighted by Crippen LogP contribution is 2.24. The number of nitrogens with zero attached hydrogens (tertiary/aromatic N) is 2. The average Bonchev–Trinajstić information content (AvgIpc) is 2.61. The van der Waals surface area contributed by atoms with Crippen LogP contribution in [-0.2, 0) is 4.79 Å². The van der Waals surface area contributed by atoms with Gasteiger partial charge >= 0.3 is 12.0 Å². The van der Waals surface area contributed by atoms with Crippen molar-refractivity contribution in [2.75, 3.05) is 13.1 Å². The molecule has 122 valence electrons. The van der Waals surface area contributed by atoms with E-state index in [4.69, 9.17) is 5.11 Å². The lowest BCUT2D eigenvalue weighted by atomic mass is 10.0. The van der Waals surface area contributed by atoms with Crippen molar-refractivity contribution in [3.8, 4) is 0 Å². The highest BCUT2D eigenvalue weighted by atomic mass is 16.4. The first-order valence-corrected chi connectivity index (χ1v) is 8.07. The number of carbonyl (C=O) groups is 2. The van der Waals surface area contributed by atoms with E-state index >= 15 is 0 Å². The first-order valence-electron chi connectivity index (χ1n) is 8.07. The molecule has 0 bridgehead atoms. The fourth-order valence-corrected chi connectivity index (χ4v) is 2.93. The van der Waals surface area contributed by atoms with Gasteiger partial charge in [0.05, 0.1) is 6.42 Å². The van der Waals surface area contributed by atoms with Crippen molar-refractivity contribution in [1.29, 1.82) is 0 Å². The molecule has 1 rings (SSSR count). The van der Waals surface area contributed by atoms with Crippen LogP contribution in [0.2, 0.25) is 0 Å².